The van der Waals surface area contributed by atoms with Gasteiger partial charge in [-0.2, -0.15) is 0 Å². The highest BCUT2D eigenvalue weighted by molar-refractivity contribution is 7.92. The normalized spacial score (nSPS) is 41.8. The minimum absolute atomic E-state index is 0.163. The predicted octanol–water partition coefficient (Wildman–Crippen LogP) is 4.48. The molecule has 0 radical (unpaired) electrons. The molecule has 1 spiro atoms. The molecule has 144 valence electrons. The smallest absolute Gasteiger partial charge is 0.154 e. The number of sulfone groups is 1. The molecule has 4 fully saturated rings. The molecule has 1 N–H and O–H groups in total. The molecule has 4 atom stereocenters. The van der Waals surface area contributed by atoms with Gasteiger partial charge in [0.25, 0.3) is 0 Å². The van der Waals surface area contributed by atoms with Crippen molar-refractivity contribution < 1.29 is 13.5 Å². The zero-order valence-corrected chi connectivity index (χ0v) is 16.5. The van der Waals surface area contributed by atoms with Gasteiger partial charge >= 0.3 is 0 Å². The van der Waals surface area contributed by atoms with E-state index in [0.29, 0.717) is 5.92 Å². The Labute approximate surface area is 153 Å². The Kier molecular flexibility index (Phi) is 5.22. The first-order valence-electron chi connectivity index (χ1n) is 10.9. The molecule has 3 aliphatic carbocycles. The van der Waals surface area contributed by atoms with Crippen molar-refractivity contribution in [1.29, 1.82) is 0 Å². The molecule has 25 heavy (non-hydrogen) atoms. The molecule has 0 bridgehead atoms. The predicted molar refractivity (Wildman–Crippen MR) is 101 cm³/mol. The van der Waals surface area contributed by atoms with Crippen molar-refractivity contribution >= 4 is 9.84 Å². The summed E-state index contributed by atoms with van der Waals surface area (Å²) in [5, 5.41) is 11.5. The molecule has 3 nitrogen and oxygen atoms in total. The van der Waals surface area contributed by atoms with Crippen LogP contribution in [-0.2, 0) is 9.84 Å². The molecule has 3 saturated carbocycles. The zero-order chi connectivity index (χ0) is 17.5. The Bertz CT molecular complexity index is 558. The number of aliphatic hydroxyl groups excluding tert-OH is 1. The van der Waals surface area contributed by atoms with Gasteiger partial charge in [-0.15, -0.1) is 0 Å². The van der Waals surface area contributed by atoms with Crippen molar-refractivity contribution in [2.45, 2.75) is 101 Å². The van der Waals surface area contributed by atoms with Gasteiger partial charge in [0.05, 0.1) is 17.1 Å². The summed E-state index contributed by atoms with van der Waals surface area (Å²) >= 11 is 0. The minimum Gasteiger partial charge on any atom is -0.392 e. The van der Waals surface area contributed by atoms with Crippen LogP contribution in [0.25, 0.3) is 0 Å². The summed E-state index contributed by atoms with van der Waals surface area (Å²) in [6.07, 6.45) is 15.2. The number of rotatable bonds is 1. The van der Waals surface area contributed by atoms with Crippen LogP contribution in [0.1, 0.15) is 89.9 Å². The first-order chi connectivity index (χ1) is 12.0. The minimum atomic E-state index is -3.09. The van der Waals surface area contributed by atoms with Crippen molar-refractivity contribution in [3.8, 4) is 0 Å². The van der Waals surface area contributed by atoms with Gasteiger partial charge < -0.3 is 5.11 Å². The van der Waals surface area contributed by atoms with Gasteiger partial charge in [-0.05, 0) is 43.4 Å². The summed E-state index contributed by atoms with van der Waals surface area (Å²) in [4.78, 5) is 0. The fourth-order valence-electron chi connectivity index (χ4n) is 7.07. The van der Waals surface area contributed by atoms with Crippen LogP contribution in [0.2, 0.25) is 0 Å². The molecule has 4 rings (SSSR count). The summed E-state index contributed by atoms with van der Waals surface area (Å²) in [7, 11) is -3.09. The monoisotopic (exact) mass is 368 g/mol. The van der Waals surface area contributed by atoms with Crippen LogP contribution in [0.5, 0.6) is 0 Å². The van der Waals surface area contributed by atoms with Crippen molar-refractivity contribution in [3.63, 3.8) is 0 Å². The summed E-state index contributed by atoms with van der Waals surface area (Å²) in [5.41, 5.74) is -0.337. The number of aliphatic hydroxyl groups is 1. The molecular formula is C21H36O3S. The van der Waals surface area contributed by atoms with E-state index in [-0.39, 0.29) is 28.3 Å². The van der Waals surface area contributed by atoms with E-state index >= 15 is 0 Å². The lowest BCUT2D eigenvalue weighted by atomic mass is 9.59. The molecule has 2 unspecified atom stereocenters. The third-order valence-electron chi connectivity index (χ3n) is 8.23. The molecule has 4 aliphatic rings. The molecule has 1 aliphatic heterocycles. The Hall–Kier alpha value is -0.0900. The Balaban J connectivity index is 1.75. The van der Waals surface area contributed by atoms with Gasteiger partial charge in [-0.25, -0.2) is 8.42 Å². The molecule has 0 aromatic carbocycles. The van der Waals surface area contributed by atoms with E-state index < -0.39 is 15.9 Å². The Morgan fingerprint density at radius 1 is 0.760 bits per heavy atom. The first kappa shape index (κ1) is 18.3. The van der Waals surface area contributed by atoms with Crippen molar-refractivity contribution in [1.82, 2.24) is 0 Å². The van der Waals surface area contributed by atoms with Crippen LogP contribution < -0.4 is 0 Å². The number of hydrogen-bond acceptors (Lipinski definition) is 3. The molecule has 0 amide bonds. The van der Waals surface area contributed by atoms with E-state index in [0.717, 1.165) is 51.4 Å². The SMILES string of the molecule is O=S1(=O)CC2(CCCCC2)[C@@H](O)[C@H](C2CCCCC2)C2CCCCC21. The zero-order valence-electron chi connectivity index (χ0n) is 15.7. The van der Waals surface area contributed by atoms with E-state index in [2.05, 4.69) is 0 Å². The van der Waals surface area contributed by atoms with Gasteiger partial charge in [0.1, 0.15) is 0 Å². The Morgan fingerprint density at radius 3 is 2.08 bits per heavy atom. The lowest BCUT2D eigenvalue weighted by molar-refractivity contribution is -0.0718. The molecule has 4 heteroatoms. The van der Waals surface area contributed by atoms with Gasteiger partial charge in [-0.1, -0.05) is 64.2 Å². The second kappa shape index (κ2) is 7.14. The van der Waals surface area contributed by atoms with Gasteiger partial charge in [0.15, 0.2) is 9.84 Å². The quantitative estimate of drug-likeness (QED) is 0.742. The summed E-state index contributed by atoms with van der Waals surface area (Å²) < 4.78 is 26.7. The third-order valence-corrected chi connectivity index (χ3v) is 10.7. The number of hydrogen-bond donors (Lipinski definition) is 1. The second-order valence-electron chi connectivity index (χ2n) is 9.64. The summed E-state index contributed by atoms with van der Waals surface area (Å²) in [6, 6.07) is 0. The maximum atomic E-state index is 13.4. The third kappa shape index (κ3) is 3.31. The fourth-order valence-corrected chi connectivity index (χ4v) is 9.92. The summed E-state index contributed by atoms with van der Waals surface area (Å²) in [5.74, 6) is 1.28. The molecule has 0 aromatic heterocycles. The fraction of sp³-hybridized carbons (Fsp3) is 1.00. The van der Waals surface area contributed by atoms with Crippen LogP contribution >= 0.6 is 0 Å². The van der Waals surface area contributed by atoms with E-state index in [9.17, 15) is 13.5 Å². The van der Waals surface area contributed by atoms with Crippen molar-refractivity contribution in [2.75, 3.05) is 5.75 Å². The highest BCUT2D eigenvalue weighted by Gasteiger charge is 2.56. The molecule has 0 aromatic rings. The largest absolute Gasteiger partial charge is 0.392 e. The highest BCUT2D eigenvalue weighted by atomic mass is 32.2. The first-order valence-corrected chi connectivity index (χ1v) is 12.6. The van der Waals surface area contributed by atoms with E-state index in [1.54, 1.807) is 0 Å². The van der Waals surface area contributed by atoms with Gasteiger partial charge in [-0.3, -0.25) is 0 Å². The van der Waals surface area contributed by atoms with Gasteiger partial charge in [0, 0.05) is 5.41 Å². The lowest BCUT2D eigenvalue weighted by Gasteiger charge is -2.47. The molecule has 1 saturated heterocycles. The van der Waals surface area contributed by atoms with Crippen LogP contribution in [-0.4, -0.2) is 30.6 Å². The lowest BCUT2D eigenvalue weighted by Crippen LogP contribution is -2.48. The standard InChI is InChI=1S/C21H36O3S/c22-20-19(16-9-3-1-4-10-16)17-11-5-6-12-18(17)25(23,24)15-21(20)13-7-2-8-14-21/h16-20,22H,1-15H2/t17?,18?,19-,20+/m1/s1. The van der Waals surface area contributed by atoms with Gasteiger partial charge in [0.2, 0.25) is 0 Å². The van der Waals surface area contributed by atoms with E-state index in [4.69, 9.17) is 0 Å². The molecular weight excluding hydrogens is 332 g/mol. The van der Waals surface area contributed by atoms with Crippen LogP contribution in [0.3, 0.4) is 0 Å². The average Bonchev–Trinajstić information content (AvgIpc) is 2.69. The second-order valence-corrected chi connectivity index (χ2v) is 11.9. The van der Waals surface area contributed by atoms with Crippen LogP contribution in [0, 0.1) is 23.2 Å². The van der Waals surface area contributed by atoms with E-state index in [1.165, 1.54) is 38.5 Å². The summed E-state index contributed by atoms with van der Waals surface area (Å²) in [6.45, 7) is 0. The van der Waals surface area contributed by atoms with Crippen LogP contribution in [0.15, 0.2) is 0 Å². The van der Waals surface area contributed by atoms with Crippen LogP contribution in [0.4, 0.5) is 0 Å². The van der Waals surface area contributed by atoms with Crippen molar-refractivity contribution in [3.05, 3.63) is 0 Å². The number of fused-ring (bicyclic) bond motifs is 1. The topological polar surface area (TPSA) is 54.4 Å². The highest BCUT2D eigenvalue weighted by Crippen LogP contribution is 2.54. The Morgan fingerprint density at radius 2 is 1.36 bits per heavy atom. The van der Waals surface area contributed by atoms with Crippen molar-refractivity contribution in [2.24, 2.45) is 23.2 Å². The maximum absolute atomic E-state index is 13.4. The molecule has 1 heterocycles. The average molecular weight is 369 g/mol. The maximum Gasteiger partial charge on any atom is 0.154 e. The van der Waals surface area contributed by atoms with E-state index in [1.807, 2.05) is 0 Å².